The summed E-state index contributed by atoms with van der Waals surface area (Å²) < 4.78 is 0. The normalized spacial score (nSPS) is 11.9. The number of nitrogens with zero attached hydrogens (tertiary/aromatic N) is 1. The van der Waals surface area contributed by atoms with Gasteiger partial charge in [0, 0.05) is 6.07 Å². The zero-order valence-corrected chi connectivity index (χ0v) is 12.7. The quantitative estimate of drug-likeness (QED) is 0.590. The van der Waals surface area contributed by atoms with Crippen molar-refractivity contribution in [2.45, 2.75) is 17.3 Å². The molecule has 2 rings (SSSR count). The molecule has 0 spiro atoms. The van der Waals surface area contributed by atoms with Gasteiger partial charge in [-0.3, -0.25) is 9.59 Å². The van der Waals surface area contributed by atoms with Crippen molar-refractivity contribution in [3.05, 3.63) is 45.7 Å². The molecule has 0 saturated carbocycles. The molecule has 8 heteroatoms. The maximum atomic E-state index is 12.1. The number of halogens is 1. The van der Waals surface area contributed by atoms with Crippen LogP contribution in [0.3, 0.4) is 0 Å². The third kappa shape index (κ3) is 4.24. The van der Waals surface area contributed by atoms with E-state index in [2.05, 4.69) is 15.3 Å². The Morgan fingerprint density at radius 1 is 1.48 bits per heavy atom. The fourth-order valence-corrected chi connectivity index (χ4v) is 2.53. The van der Waals surface area contributed by atoms with Gasteiger partial charge in [-0.25, -0.2) is 4.98 Å². The summed E-state index contributed by atoms with van der Waals surface area (Å²) >= 11 is 7.08. The van der Waals surface area contributed by atoms with Crippen LogP contribution in [0.4, 0.5) is 11.5 Å². The predicted octanol–water partition coefficient (Wildman–Crippen LogP) is 2.12. The van der Waals surface area contributed by atoms with E-state index in [1.807, 2.05) is 0 Å². The lowest BCUT2D eigenvalue weighted by Gasteiger charge is -2.12. The number of carbonyl (C=O) groups is 1. The summed E-state index contributed by atoms with van der Waals surface area (Å²) in [6, 6.07) is 8.12. The number of H-pyrrole nitrogens is 1. The van der Waals surface area contributed by atoms with Gasteiger partial charge >= 0.3 is 0 Å². The number of nitrogens with two attached hydrogens (primary N) is 1. The lowest BCUT2D eigenvalue weighted by Crippen LogP contribution is -2.23. The maximum Gasteiger partial charge on any atom is 0.253 e. The van der Waals surface area contributed by atoms with Crippen LogP contribution >= 0.6 is 23.4 Å². The second-order valence-corrected chi connectivity index (χ2v) is 5.94. The molecule has 1 heterocycles. The molecule has 0 aliphatic heterocycles. The Kier molecular flexibility index (Phi) is 4.87. The first-order chi connectivity index (χ1) is 9.95. The van der Waals surface area contributed by atoms with E-state index in [0.717, 1.165) is 11.8 Å². The van der Waals surface area contributed by atoms with Crippen LogP contribution in [0.2, 0.25) is 5.02 Å². The van der Waals surface area contributed by atoms with Gasteiger partial charge in [0.15, 0.2) is 5.16 Å². The summed E-state index contributed by atoms with van der Waals surface area (Å²) in [5.41, 5.74) is 5.67. The Bertz CT molecular complexity index is 719. The Balaban J connectivity index is 2.06. The molecule has 0 aliphatic rings. The first-order valence-electron chi connectivity index (χ1n) is 6.04. The minimum Gasteiger partial charge on any atom is -0.383 e. The van der Waals surface area contributed by atoms with E-state index in [4.69, 9.17) is 17.3 Å². The Morgan fingerprint density at radius 3 is 2.86 bits per heavy atom. The summed E-state index contributed by atoms with van der Waals surface area (Å²) in [6.07, 6.45) is 0. The molecule has 4 N–H and O–H groups in total. The highest BCUT2D eigenvalue weighted by atomic mass is 35.5. The molecule has 1 aromatic carbocycles. The summed E-state index contributed by atoms with van der Waals surface area (Å²) in [5, 5.41) is 2.99. The third-order valence-corrected chi connectivity index (χ3v) is 3.84. The maximum absolute atomic E-state index is 12.1. The van der Waals surface area contributed by atoms with E-state index < -0.39 is 5.25 Å². The first kappa shape index (κ1) is 15.4. The van der Waals surface area contributed by atoms with Crippen molar-refractivity contribution >= 4 is 40.8 Å². The fraction of sp³-hybridized carbons (Fsp3) is 0.154. The largest absolute Gasteiger partial charge is 0.383 e. The number of hydrogen-bond donors (Lipinski definition) is 3. The van der Waals surface area contributed by atoms with E-state index in [9.17, 15) is 9.59 Å². The van der Waals surface area contributed by atoms with Gasteiger partial charge in [0.2, 0.25) is 5.91 Å². The number of carbonyl (C=O) groups excluding carboxylic acids is 1. The topological polar surface area (TPSA) is 101 Å². The molecule has 2 aromatic rings. The van der Waals surface area contributed by atoms with Crippen LogP contribution in [-0.2, 0) is 4.79 Å². The van der Waals surface area contributed by atoms with Crippen molar-refractivity contribution in [1.29, 1.82) is 0 Å². The lowest BCUT2D eigenvalue weighted by atomic mass is 10.3. The molecule has 0 aliphatic carbocycles. The standard InChI is InChI=1S/C13H13ClN4O2S/c1-7(21-13-17-10(15)6-11(19)18-13)12(20)16-9-5-3-2-4-8(9)14/h2-7H,1H3,(H,16,20)(H3,15,17,18,19). The zero-order chi connectivity index (χ0) is 15.4. The fourth-order valence-electron chi connectivity index (χ4n) is 1.53. The number of amides is 1. The average molecular weight is 325 g/mol. The van der Waals surface area contributed by atoms with Crippen molar-refractivity contribution in [3.63, 3.8) is 0 Å². The Morgan fingerprint density at radius 2 is 2.19 bits per heavy atom. The summed E-state index contributed by atoms with van der Waals surface area (Å²) in [6.45, 7) is 1.69. The van der Waals surface area contributed by atoms with Crippen LogP contribution in [0.5, 0.6) is 0 Å². The minimum atomic E-state index is -0.480. The SMILES string of the molecule is CC(Sc1nc(N)cc(=O)[nH]1)C(=O)Nc1ccccc1Cl. The second-order valence-electron chi connectivity index (χ2n) is 4.20. The van der Waals surface area contributed by atoms with E-state index in [0.29, 0.717) is 15.9 Å². The number of aromatic nitrogens is 2. The molecule has 1 unspecified atom stereocenters. The van der Waals surface area contributed by atoms with Gasteiger partial charge in [0.05, 0.1) is 16.0 Å². The highest BCUT2D eigenvalue weighted by molar-refractivity contribution is 8.00. The molecule has 0 saturated heterocycles. The number of benzene rings is 1. The summed E-state index contributed by atoms with van der Waals surface area (Å²) in [4.78, 5) is 29.9. The first-order valence-corrected chi connectivity index (χ1v) is 7.30. The molecule has 0 radical (unpaired) electrons. The number of rotatable bonds is 4. The highest BCUT2D eigenvalue weighted by Gasteiger charge is 2.17. The molecular weight excluding hydrogens is 312 g/mol. The molecule has 1 amide bonds. The van der Waals surface area contributed by atoms with E-state index in [1.54, 1.807) is 31.2 Å². The van der Waals surface area contributed by atoms with Crippen molar-refractivity contribution in [1.82, 2.24) is 9.97 Å². The molecule has 6 nitrogen and oxygen atoms in total. The number of hydrogen-bond acceptors (Lipinski definition) is 5. The molecule has 1 atom stereocenters. The molecule has 0 bridgehead atoms. The second kappa shape index (κ2) is 6.64. The number of aromatic amines is 1. The minimum absolute atomic E-state index is 0.111. The van der Waals surface area contributed by atoms with Crippen molar-refractivity contribution in [3.8, 4) is 0 Å². The van der Waals surface area contributed by atoms with Crippen LogP contribution in [0.15, 0.2) is 40.3 Å². The van der Waals surface area contributed by atoms with Crippen molar-refractivity contribution in [2.75, 3.05) is 11.1 Å². The molecule has 1 aromatic heterocycles. The summed E-state index contributed by atoms with van der Waals surface area (Å²) in [7, 11) is 0. The zero-order valence-electron chi connectivity index (χ0n) is 11.1. The van der Waals surface area contributed by atoms with Crippen LogP contribution < -0.4 is 16.6 Å². The Labute approximate surface area is 130 Å². The van der Waals surface area contributed by atoms with Gasteiger partial charge in [-0.2, -0.15) is 0 Å². The van der Waals surface area contributed by atoms with Gasteiger partial charge in [0.1, 0.15) is 5.82 Å². The number of nitrogen functional groups attached to an aromatic ring is 1. The van der Waals surface area contributed by atoms with Gasteiger partial charge in [-0.1, -0.05) is 35.5 Å². The van der Waals surface area contributed by atoms with Crippen molar-refractivity contribution < 1.29 is 4.79 Å². The number of para-hydroxylation sites is 1. The van der Waals surface area contributed by atoms with E-state index >= 15 is 0 Å². The molecular formula is C13H13ClN4O2S. The number of anilines is 2. The van der Waals surface area contributed by atoms with Crippen LogP contribution in [0.1, 0.15) is 6.92 Å². The average Bonchev–Trinajstić information content (AvgIpc) is 2.40. The number of thioether (sulfide) groups is 1. The van der Waals surface area contributed by atoms with Crippen LogP contribution in [-0.4, -0.2) is 21.1 Å². The predicted molar refractivity (Wildman–Crippen MR) is 84.7 cm³/mol. The van der Waals surface area contributed by atoms with Crippen molar-refractivity contribution in [2.24, 2.45) is 0 Å². The smallest absolute Gasteiger partial charge is 0.253 e. The molecule has 0 fully saturated rings. The van der Waals surface area contributed by atoms with E-state index in [1.165, 1.54) is 6.07 Å². The third-order valence-electron chi connectivity index (χ3n) is 2.53. The van der Waals surface area contributed by atoms with Crippen LogP contribution in [0.25, 0.3) is 0 Å². The Hall–Kier alpha value is -1.99. The van der Waals surface area contributed by atoms with E-state index in [-0.39, 0.29) is 17.3 Å². The summed E-state index contributed by atoms with van der Waals surface area (Å²) in [5.74, 6) is -0.141. The van der Waals surface area contributed by atoms with Gasteiger partial charge < -0.3 is 16.0 Å². The van der Waals surface area contributed by atoms with Gasteiger partial charge in [0.25, 0.3) is 5.56 Å². The van der Waals surface area contributed by atoms with Gasteiger partial charge in [-0.05, 0) is 19.1 Å². The lowest BCUT2D eigenvalue weighted by molar-refractivity contribution is -0.115. The monoisotopic (exact) mass is 324 g/mol. The number of nitrogens with one attached hydrogen (secondary N) is 2. The van der Waals surface area contributed by atoms with Gasteiger partial charge in [-0.15, -0.1) is 0 Å². The van der Waals surface area contributed by atoms with Crippen LogP contribution in [0, 0.1) is 0 Å². The molecule has 21 heavy (non-hydrogen) atoms. The molecule has 110 valence electrons. The highest BCUT2D eigenvalue weighted by Crippen LogP contribution is 2.24.